The summed E-state index contributed by atoms with van der Waals surface area (Å²) in [6.07, 6.45) is 3.46. The van der Waals surface area contributed by atoms with E-state index in [4.69, 9.17) is 21.6 Å². The van der Waals surface area contributed by atoms with Crippen molar-refractivity contribution in [2.45, 2.75) is 25.2 Å². The highest BCUT2D eigenvalue weighted by Gasteiger charge is 2.26. The molecule has 0 aliphatic heterocycles. The van der Waals surface area contributed by atoms with E-state index < -0.39 is 0 Å². The van der Waals surface area contributed by atoms with Crippen LogP contribution in [0.3, 0.4) is 0 Å². The van der Waals surface area contributed by atoms with E-state index in [-0.39, 0.29) is 0 Å². The van der Waals surface area contributed by atoms with Crippen LogP contribution in [-0.2, 0) is 6.42 Å². The molecule has 106 valence electrons. The van der Waals surface area contributed by atoms with Crippen LogP contribution in [0.1, 0.15) is 34.5 Å². The van der Waals surface area contributed by atoms with Gasteiger partial charge in [0.15, 0.2) is 0 Å². The van der Waals surface area contributed by atoms with Crippen molar-refractivity contribution in [3.8, 4) is 11.3 Å². The predicted octanol–water partition coefficient (Wildman–Crippen LogP) is 5.39. The molecule has 1 aliphatic rings. The maximum absolute atomic E-state index is 5.92. The van der Waals surface area contributed by atoms with Gasteiger partial charge in [0.1, 0.15) is 5.01 Å². The van der Waals surface area contributed by atoms with E-state index in [1.165, 1.54) is 23.5 Å². The molecular formula is C16H13ClN2S2. The first-order valence-corrected chi connectivity index (χ1v) is 9.06. The van der Waals surface area contributed by atoms with Crippen LogP contribution >= 0.6 is 34.3 Å². The second-order valence-corrected chi connectivity index (χ2v) is 7.57. The molecule has 1 saturated carbocycles. The van der Waals surface area contributed by atoms with Crippen molar-refractivity contribution in [2.24, 2.45) is 0 Å². The van der Waals surface area contributed by atoms with Gasteiger partial charge in [-0.05, 0) is 25.0 Å². The Hall–Kier alpha value is -1.23. The first kappa shape index (κ1) is 13.4. The van der Waals surface area contributed by atoms with Crippen LogP contribution in [0.15, 0.2) is 35.0 Å². The topological polar surface area (TPSA) is 25.8 Å². The van der Waals surface area contributed by atoms with E-state index in [1.54, 1.807) is 22.7 Å². The highest BCUT2D eigenvalue weighted by molar-refractivity contribution is 7.11. The summed E-state index contributed by atoms with van der Waals surface area (Å²) >= 11 is 9.38. The van der Waals surface area contributed by atoms with Gasteiger partial charge in [0.2, 0.25) is 0 Å². The quantitative estimate of drug-likeness (QED) is 0.640. The highest BCUT2D eigenvalue weighted by Crippen LogP contribution is 2.40. The van der Waals surface area contributed by atoms with E-state index in [0.29, 0.717) is 0 Å². The minimum absolute atomic E-state index is 0.732. The van der Waals surface area contributed by atoms with E-state index in [0.717, 1.165) is 33.6 Å². The Morgan fingerprint density at radius 3 is 2.48 bits per heavy atom. The second-order valence-electron chi connectivity index (χ2n) is 5.25. The Labute approximate surface area is 136 Å². The van der Waals surface area contributed by atoms with Gasteiger partial charge in [-0.15, -0.1) is 22.7 Å². The number of benzene rings is 1. The van der Waals surface area contributed by atoms with Crippen LogP contribution < -0.4 is 0 Å². The maximum atomic E-state index is 5.92. The molecule has 0 radical (unpaired) electrons. The molecule has 0 saturated heterocycles. The van der Waals surface area contributed by atoms with Gasteiger partial charge in [-0.25, -0.2) is 9.97 Å². The number of rotatable bonds is 4. The van der Waals surface area contributed by atoms with Gasteiger partial charge in [0.25, 0.3) is 0 Å². The third-order valence-corrected chi connectivity index (χ3v) is 5.53. The number of hydrogen-bond acceptors (Lipinski definition) is 4. The van der Waals surface area contributed by atoms with Gasteiger partial charge >= 0.3 is 0 Å². The molecule has 0 N–H and O–H groups in total. The summed E-state index contributed by atoms with van der Waals surface area (Å²) in [4.78, 5) is 9.45. The molecular weight excluding hydrogens is 320 g/mol. The zero-order chi connectivity index (χ0) is 14.2. The van der Waals surface area contributed by atoms with E-state index in [1.807, 2.05) is 24.3 Å². The normalized spacial score (nSPS) is 14.5. The van der Waals surface area contributed by atoms with Gasteiger partial charge < -0.3 is 0 Å². The standard InChI is InChI=1S/C16H13ClN2S2/c17-12-5-3-11(4-6-12)14-9-21-16(19-14)7-15-18-13(8-20-15)10-1-2-10/h3-6,8-10H,1-2,7H2. The SMILES string of the molecule is Clc1ccc(-c2csc(Cc3nc(C4CC4)cs3)n2)cc1. The highest BCUT2D eigenvalue weighted by atomic mass is 35.5. The number of nitrogens with zero attached hydrogens (tertiary/aromatic N) is 2. The van der Waals surface area contributed by atoms with Crippen LogP contribution in [-0.4, -0.2) is 9.97 Å². The molecule has 3 aromatic rings. The van der Waals surface area contributed by atoms with Crippen molar-refractivity contribution in [1.29, 1.82) is 0 Å². The minimum Gasteiger partial charge on any atom is -0.246 e. The van der Waals surface area contributed by atoms with Crippen LogP contribution in [0.4, 0.5) is 0 Å². The summed E-state index contributed by atoms with van der Waals surface area (Å²) in [5, 5.41) is 7.37. The molecule has 0 atom stereocenters. The summed E-state index contributed by atoms with van der Waals surface area (Å²) < 4.78 is 0. The summed E-state index contributed by atoms with van der Waals surface area (Å²) in [6, 6.07) is 7.82. The third-order valence-electron chi connectivity index (χ3n) is 3.56. The molecule has 0 bridgehead atoms. The van der Waals surface area contributed by atoms with Gasteiger partial charge in [0.05, 0.1) is 22.8 Å². The Morgan fingerprint density at radius 1 is 1.00 bits per heavy atom. The lowest BCUT2D eigenvalue weighted by molar-refractivity contribution is 1.00. The largest absolute Gasteiger partial charge is 0.246 e. The molecule has 21 heavy (non-hydrogen) atoms. The number of aromatic nitrogens is 2. The first-order chi connectivity index (χ1) is 10.3. The molecule has 1 aliphatic carbocycles. The molecule has 2 aromatic heterocycles. The van der Waals surface area contributed by atoms with E-state index in [9.17, 15) is 0 Å². The third kappa shape index (κ3) is 3.03. The lowest BCUT2D eigenvalue weighted by atomic mass is 10.2. The fourth-order valence-corrected chi connectivity index (χ4v) is 4.15. The van der Waals surface area contributed by atoms with Crippen molar-refractivity contribution < 1.29 is 0 Å². The van der Waals surface area contributed by atoms with Crippen molar-refractivity contribution in [2.75, 3.05) is 0 Å². The zero-order valence-electron chi connectivity index (χ0n) is 11.3. The fourth-order valence-electron chi connectivity index (χ4n) is 2.25. The van der Waals surface area contributed by atoms with Crippen molar-refractivity contribution >= 4 is 34.3 Å². The van der Waals surface area contributed by atoms with Crippen molar-refractivity contribution in [1.82, 2.24) is 9.97 Å². The summed E-state index contributed by atoms with van der Waals surface area (Å²) in [6.45, 7) is 0. The van der Waals surface area contributed by atoms with Crippen molar-refractivity contribution in [3.63, 3.8) is 0 Å². The van der Waals surface area contributed by atoms with E-state index in [2.05, 4.69) is 10.8 Å². The molecule has 2 nitrogen and oxygen atoms in total. The van der Waals surface area contributed by atoms with Gasteiger partial charge in [0, 0.05) is 27.3 Å². The Balaban J connectivity index is 1.52. The van der Waals surface area contributed by atoms with Gasteiger partial charge in [-0.2, -0.15) is 0 Å². The van der Waals surface area contributed by atoms with Crippen molar-refractivity contribution in [3.05, 3.63) is 55.8 Å². The van der Waals surface area contributed by atoms with Crippen LogP contribution in [0.2, 0.25) is 5.02 Å². The lowest BCUT2D eigenvalue weighted by Crippen LogP contribution is -1.88. The molecule has 1 fully saturated rings. The Bertz CT molecular complexity index is 757. The lowest BCUT2D eigenvalue weighted by Gasteiger charge is -1.96. The smallest absolute Gasteiger partial charge is 0.100 e. The second kappa shape index (κ2) is 5.52. The summed E-state index contributed by atoms with van der Waals surface area (Å²) in [7, 11) is 0. The average Bonchev–Trinajstić information content (AvgIpc) is 3.06. The molecule has 2 heterocycles. The van der Waals surface area contributed by atoms with Crippen LogP contribution in [0, 0.1) is 0 Å². The molecule has 5 heteroatoms. The number of hydrogen-bond donors (Lipinski definition) is 0. The first-order valence-electron chi connectivity index (χ1n) is 6.92. The van der Waals surface area contributed by atoms with Gasteiger partial charge in [-0.1, -0.05) is 23.7 Å². The average molecular weight is 333 g/mol. The fraction of sp³-hybridized carbons (Fsp3) is 0.250. The van der Waals surface area contributed by atoms with E-state index >= 15 is 0 Å². The molecule has 0 amide bonds. The molecule has 1 aromatic carbocycles. The molecule has 0 unspecified atom stereocenters. The summed E-state index contributed by atoms with van der Waals surface area (Å²) in [5.74, 6) is 0.732. The number of thiazole rings is 2. The summed E-state index contributed by atoms with van der Waals surface area (Å²) in [5.41, 5.74) is 3.41. The van der Waals surface area contributed by atoms with Crippen LogP contribution in [0.5, 0.6) is 0 Å². The molecule has 4 rings (SSSR count). The maximum Gasteiger partial charge on any atom is 0.100 e. The number of halogens is 1. The monoisotopic (exact) mass is 332 g/mol. The minimum atomic E-state index is 0.732. The Morgan fingerprint density at radius 2 is 1.71 bits per heavy atom. The van der Waals surface area contributed by atoms with Crippen LogP contribution in [0.25, 0.3) is 11.3 Å². The molecule has 0 spiro atoms. The van der Waals surface area contributed by atoms with Gasteiger partial charge in [-0.3, -0.25) is 0 Å². The predicted molar refractivity (Wildman–Crippen MR) is 89.5 cm³/mol. The zero-order valence-corrected chi connectivity index (χ0v) is 13.6. The Kier molecular flexibility index (Phi) is 3.53.